The number of hydrogen-bond donors (Lipinski definition) is 1. The number of anilines is 1. The summed E-state index contributed by atoms with van der Waals surface area (Å²) in [4.78, 5) is 41.5. The number of aryl methyl sites for hydroxylation is 2. The molecule has 3 aromatic carbocycles. The molecular weight excluding hydrogens is 452 g/mol. The van der Waals surface area contributed by atoms with E-state index < -0.39 is 10.2 Å². The van der Waals surface area contributed by atoms with Crippen molar-refractivity contribution in [1.29, 1.82) is 0 Å². The van der Waals surface area contributed by atoms with Gasteiger partial charge in [0.1, 0.15) is 0 Å². The third-order valence-corrected chi connectivity index (χ3v) is 6.52. The van der Waals surface area contributed by atoms with E-state index in [2.05, 4.69) is 10.3 Å². The van der Waals surface area contributed by atoms with Crippen LogP contribution in [0.1, 0.15) is 18.1 Å². The van der Waals surface area contributed by atoms with E-state index in [1.54, 1.807) is 31.2 Å². The van der Waals surface area contributed by atoms with Crippen LogP contribution in [0.3, 0.4) is 0 Å². The minimum absolute atomic E-state index is 0.113. The fourth-order valence-corrected chi connectivity index (χ4v) is 4.36. The number of nitrogens with zero attached hydrogens (tertiary/aromatic N) is 3. The molecule has 1 N–H and O–H groups in total. The van der Waals surface area contributed by atoms with Crippen molar-refractivity contribution in [3.8, 4) is 5.69 Å². The molecule has 4 aromatic rings. The van der Waals surface area contributed by atoms with E-state index in [1.165, 1.54) is 22.8 Å². The van der Waals surface area contributed by atoms with Gasteiger partial charge in [0.2, 0.25) is 5.91 Å². The molecule has 0 aliphatic heterocycles. The van der Waals surface area contributed by atoms with Gasteiger partial charge in [-0.1, -0.05) is 36.0 Å². The zero-order valence-electron chi connectivity index (χ0n) is 18.8. The second-order valence-corrected chi connectivity index (χ2v) is 9.19. The van der Waals surface area contributed by atoms with Crippen LogP contribution < -0.4 is 10.9 Å². The topological polar surface area (TPSA) is 107 Å². The molecule has 1 amide bonds. The van der Waals surface area contributed by atoms with Gasteiger partial charge in [-0.05, 0) is 62.2 Å². The van der Waals surface area contributed by atoms with Gasteiger partial charge < -0.3 is 5.32 Å². The first-order chi connectivity index (χ1) is 16.2. The molecule has 0 bridgehead atoms. The first kappa shape index (κ1) is 23.2. The fourth-order valence-electron chi connectivity index (χ4n) is 3.44. The molecule has 1 aromatic heterocycles. The summed E-state index contributed by atoms with van der Waals surface area (Å²) in [5.41, 5.74) is 3.33. The average Bonchev–Trinajstić information content (AvgIpc) is 2.81. The molecule has 4 rings (SSSR count). The Morgan fingerprint density at radius 2 is 1.82 bits per heavy atom. The zero-order valence-corrected chi connectivity index (χ0v) is 19.6. The second-order valence-electron chi connectivity index (χ2n) is 7.88. The number of nitrogens with one attached hydrogen (secondary N) is 1. The molecule has 1 heterocycles. The molecule has 0 aliphatic carbocycles. The van der Waals surface area contributed by atoms with E-state index in [-0.39, 0.29) is 17.2 Å². The van der Waals surface area contributed by atoms with Gasteiger partial charge in [-0.3, -0.25) is 24.3 Å². The molecule has 0 radical (unpaired) electrons. The second kappa shape index (κ2) is 9.48. The lowest BCUT2D eigenvalue weighted by Crippen LogP contribution is -2.26. The Balaban J connectivity index is 1.71. The summed E-state index contributed by atoms with van der Waals surface area (Å²) in [7, 11) is 0. The molecule has 34 heavy (non-hydrogen) atoms. The average molecular weight is 475 g/mol. The highest BCUT2D eigenvalue weighted by Crippen LogP contribution is 2.27. The van der Waals surface area contributed by atoms with Crippen molar-refractivity contribution in [2.75, 3.05) is 5.32 Å². The van der Waals surface area contributed by atoms with E-state index in [1.807, 2.05) is 38.1 Å². The minimum atomic E-state index is -0.634. The van der Waals surface area contributed by atoms with Gasteiger partial charge >= 0.3 is 0 Å². The zero-order chi connectivity index (χ0) is 24.4. The van der Waals surface area contributed by atoms with Gasteiger partial charge in [-0.25, -0.2) is 4.98 Å². The molecule has 172 valence electrons. The van der Waals surface area contributed by atoms with E-state index >= 15 is 0 Å². The third kappa shape index (κ3) is 4.69. The lowest BCUT2D eigenvalue weighted by atomic mass is 10.1. The smallest absolute Gasteiger partial charge is 0.271 e. The summed E-state index contributed by atoms with van der Waals surface area (Å²) in [6, 6.07) is 18.6. The standard InChI is InChI=1S/C25H22N4O4S/c1-15-11-12-19(13-16(15)2)28-24(31)21-9-4-5-10-22(21)27-25(28)34-17(3)23(30)26-18-7-6-8-20(14-18)29(32)33/h4-14,17H,1-3H3,(H,26,30). The maximum atomic E-state index is 13.4. The van der Waals surface area contributed by atoms with E-state index in [4.69, 9.17) is 0 Å². The number of nitro benzene ring substituents is 1. The highest BCUT2D eigenvalue weighted by atomic mass is 32.2. The van der Waals surface area contributed by atoms with Crippen LogP contribution in [0, 0.1) is 24.0 Å². The Labute approximate surface area is 199 Å². The lowest BCUT2D eigenvalue weighted by molar-refractivity contribution is -0.384. The van der Waals surface area contributed by atoms with Crippen LogP contribution in [0.5, 0.6) is 0 Å². The summed E-state index contributed by atoms with van der Waals surface area (Å²) in [5, 5.41) is 14.0. The largest absolute Gasteiger partial charge is 0.325 e. The summed E-state index contributed by atoms with van der Waals surface area (Å²) >= 11 is 1.15. The van der Waals surface area contributed by atoms with Crippen molar-refractivity contribution >= 4 is 39.9 Å². The predicted octanol–water partition coefficient (Wildman–Crippen LogP) is 5.03. The van der Waals surface area contributed by atoms with Gasteiger partial charge in [-0.2, -0.15) is 0 Å². The van der Waals surface area contributed by atoms with Crippen LogP contribution in [0.4, 0.5) is 11.4 Å². The van der Waals surface area contributed by atoms with Gasteiger partial charge in [0, 0.05) is 17.8 Å². The molecule has 1 unspecified atom stereocenters. The van der Waals surface area contributed by atoms with Crippen molar-refractivity contribution in [3.05, 3.63) is 98.3 Å². The normalized spacial score (nSPS) is 11.9. The predicted molar refractivity (Wildman–Crippen MR) is 134 cm³/mol. The van der Waals surface area contributed by atoms with E-state index in [0.29, 0.717) is 27.4 Å². The van der Waals surface area contributed by atoms with E-state index in [0.717, 1.165) is 22.9 Å². The van der Waals surface area contributed by atoms with Crippen molar-refractivity contribution in [3.63, 3.8) is 0 Å². The van der Waals surface area contributed by atoms with Gasteiger partial charge in [0.05, 0.1) is 26.8 Å². The molecule has 0 spiro atoms. The number of rotatable bonds is 6. The summed E-state index contributed by atoms with van der Waals surface area (Å²) < 4.78 is 1.52. The number of non-ortho nitro benzene ring substituents is 1. The van der Waals surface area contributed by atoms with Gasteiger partial charge in [0.15, 0.2) is 5.16 Å². The van der Waals surface area contributed by atoms with Crippen LogP contribution in [0.25, 0.3) is 16.6 Å². The molecule has 0 fully saturated rings. The molecule has 1 atom stereocenters. The summed E-state index contributed by atoms with van der Waals surface area (Å²) in [5.74, 6) is -0.362. The third-order valence-electron chi connectivity index (χ3n) is 5.47. The van der Waals surface area contributed by atoms with E-state index in [9.17, 15) is 19.7 Å². The molecule has 0 saturated heterocycles. The van der Waals surface area contributed by atoms with Crippen LogP contribution in [0.2, 0.25) is 0 Å². The maximum Gasteiger partial charge on any atom is 0.271 e. The van der Waals surface area contributed by atoms with Gasteiger partial charge in [-0.15, -0.1) is 0 Å². The summed E-state index contributed by atoms with van der Waals surface area (Å²) in [6.07, 6.45) is 0. The van der Waals surface area contributed by atoms with Crippen molar-refractivity contribution < 1.29 is 9.72 Å². The Morgan fingerprint density at radius 3 is 2.56 bits per heavy atom. The highest BCUT2D eigenvalue weighted by molar-refractivity contribution is 8.00. The Hall–Kier alpha value is -3.98. The first-order valence-electron chi connectivity index (χ1n) is 10.6. The van der Waals surface area contributed by atoms with Crippen LogP contribution >= 0.6 is 11.8 Å². The number of para-hydroxylation sites is 1. The molecule has 0 aliphatic rings. The monoisotopic (exact) mass is 474 g/mol. The molecular formula is C25H22N4O4S. The lowest BCUT2D eigenvalue weighted by Gasteiger charge is -2.17. The SMILES string of the molecule is Cc1ccc(-n2c(SC(C)C(=O)Nc3cccc([N+](=O)[O-])c3)nc3ccccc3c2=O)cc1C. The van der Waals surface area contributed by atoms with Crippen LogP contribution in [-0.4, -0.2) is 25.6 Å². The minimum Gasteiger partial charge on any atom is -0.325 e. The number of hydrogen-bond acceptors (Lipinski definition) is 6. The molecule has 0 saturated carbocycles. The highest BCUT2D eigenvalue weighted by Gasteiger charge is 2.21. The number of amides is 1. The van der Waals surface area contributed by atoms with Crippen LogP contribution in [0.15, 0.2) is 76.7 Å². The number of aromatic nitrogens is 2. The van der Waals surface area contributed by atoms with Crippen molar-refractivity contribution in [2.24, 2.45) is 0 Å². The number of carbonyl (C=O) groups is 1. The number of carbonyl (C=O) groups excluding carboxylic acids is 1. The Kier molecular flexibility index (Phi) is 6.47. The van der Waals surface area contributed by atoms with Crippen LogP contribution in [-0.2, 0) is 4.79 Å². The number of thioether (sulfide) groups is 1. The number of nitro groups is 1. The molecule has 8 nitrogen and oxygen atoms in total. The maximum absolute atomic E-state index is 13.4. The fraction of sp³-hybridized carbons (Fsp3) is 0.160. The van der Waals surface area contributed by atoms with Crippen molar-refractivity contribution in [2.45, 2.75) is 31.2 Å². The Morgan fingerprint density at radius 1 is 1.06 bits per heavy atom. The van der Waals surface area contributed by atoms with Gasteiger partial charge in [0.25, 0.3) is 11.2 Å². The number of benzene rings is 3. The van der Waals surface area contributed by atoms with Crippen molar-refractivity contribution in [1.82, 2.24) is 9.55 Å². The number of fused-ring (bicyclic) bond motifs is 1. The first-order valence-corrected chi connectivity index (χ1v) is 11.4. The summed E-state index contributed by atoms with van der Waals surface area (Å²) in [6.45, 7) is 5.67. The quantitative estimate of drug-likeness (QED) is 0.182. The molecule has 9 heteroatoms. The Bertz CT molecular complexity index is 1480.